The zero-order chi connectivity index (χ0) is 16.9. The Balaban J connectivity index is 1.69. The van der Waals surface area contributed by atoms with E-state index in [1.54, 1.807) is 40.2 Å². The standard InChI is InChI=1S/C15H16FN7O/c1-11(8-22-10-17-9-19-22)20-15(24)21-13-7-12(16)3-4-14(13)23-6-2-5-18-23/h2-7,9-11H,8H2,1H3,(H2,20,21,24)/t11-/m1/s1. The highest BCUT2D eigenvalue weighted by Gasteiger charge is 2.12. The summed E-state index contributed by atoms with van der Waals surface area (Å²) in [5, 5.41) is 13.5. The predicted octanol–water partition coefficient (Wildman–Crippen LogP) is 1.81. The number of benzene rings is 1. The van der Waals surface area contributed by atoms with Crippen LogP contribution in [0.2, 0.25) is 0 Å². The number of rotatable bonds is 5. The van der Waals surface area contributed by atoms with Gasteiger partial charge in [0.1, 0.15) is 18.5 Å². The van der Waals surface area contributed by atoms with Gasteiger partial charge >= 0.3 is 6.03 Å². The highest BCUT2D eigenvalue weighted by atomic mass is 19.1. The minimum absolute atomic E-state index is 0.187. The number of amides is 2. The van der Waals surface area contributed by atoms with E-state index in [0.29, 0.717) is 17.9 Å². The van der Waals surface area contributed by atoms with Gasteiger partial charge in [-0.1, -0.05) is 0 Å². The second kappa shape index (κ2) is 6.90. The zero-order valence-corrected chi connectivity index (χ0v) is 12.9. The average molecular weight is 329 g/mol. The molecule has 24 heavy (non-hydrogen) atoms. The Kier molecular flexibility index (Phi) is 4.50. The maximum Gasteiger partial charge on any atom is 0.319 e. The molecule has 1 atom stereocenters. The van der Waals surface area contributed by atoms with Crippen molar-refractivity contribution < 1.29 is 9.18 Å². The summed E-state index contributed by atoms with van der Waals surface area (Å²) >= 11 is 0. The van der Waals surface area contributed by atoms with Gasteiger partial charge in [0.25, 0.3) is 0 Å². The molecule has 9 heteroatoms. The van der Waals surface area contributed by atoms with Crippen molar-refractivity contribution in [1.29, 1.82) is 0 Å². The number of nitrogens with one attached hydrogen (secondary N) is 2. The number of carbonyl (C=O) groups is 1. The Hall–Kier alpha value is -3.23. The molecule has 1 aromatic carbocycles. The van der Waals surface area contributed by atoms with Crippen molar-refractivity contribution in [2.24, 2.45) is 0 Å². The Morgan fingerprint density at radius 1 is 1.38 bits per heavy atom. The Labute approximate surface area is 137 Å². The lowest BCUT2D eigenvalue weighted by Gasteiger charge is -2.16. The molecule has 0 unspecified atom stereocenters. The number of hydrogen-bond donors (Lipinski definition) is 2. The van der Waals surface area contributed by atoms with Gasteiger partial charge in [-0.25, -0.2) is 18.9 Å². The van der Waals surface area contributed by atoms with Crippen molar-refractivity contribution >= 4 is 11.7 Å². The van der Waals surface area contributed by atoms with E-state index < -0.39 is 11.8 Å². The maximum atomic E-state index is 13.5. The third kappa shape index (κ3) is 3.75. The molecule has 0 aliphatic rings. The van der Waals surface area contributed by atoms with Crippen LogP contribution in [0.5, 0.6) is 0 Å². The van der Waals surface area contributed by atoms with Crippen molar-refractivity contribution in [2.75, 3.05) is 5.32 Å². The molecule has 0 spiro atoms. The van der Waals surface area contributed by atoms with Gasteiger partial charge in [0, 0.05) is 18.4 Å². The molecule has 3 rings (SSSR count). The minimum atomic E-state index is -0.447. The Bertz CT molecular complexity index is 801. The van der Waals surface area contributed by atoms with Crippen LogP contribution in [0.25, 0.3) is 5.69 Å². The van der Waals surface area contributed by atoms with Crippen LogP contribution in [0.4, 0.5) is 14.9 Å². The molecule has 0 radical (unpaired) electrons. The van der Waals surface area contributed by atoms with Gasteiger partial charge < -0.3 is 10.6 Å². The van der Waals surface area contributed by atoms with E-state index >= 15 is 0 Å². The highest BCUT2D eigenvalue weighted by Crippen LogP contribution is 2.20. The molecule has 2 heterocycles. The number of nitrogens with zero attached hydrogens (tertiary/aromatic N) is 5. The number of urea groups is 1. The van der Waals surface area contributed by atoms with E-state index in [0.717, 1.165) is 0 Å². The fourth-order valence-electron chi connectivity index (χ4n) is 2.25. The first-order chi connectivity index (χ1) is 11.6. The van der Waals surface area contributed by atoms with Crippen LogP contribution in [0, 0.1) is 5.82 Å². The fourth-order valence-corrected chi connectivity index (χ4v) is 2.25. The van der Waals surface area contributed by atoms with Crippen LogP contribution in [0.1, 0.15) is 6.92 Å². The molecular weight excluding hydrogens is 313 g/mol. The van der Waals surface area contributed by atoms with Crippen LogP contribution in [0.3, 0.4) is 0 Å². The van der Waals surface area contributed by atoms with Gasteiger partial charge in [0.2, 0.25) is 0 Å². The van der Waals surface area contributed by atoms with Gasteiger partial charge in [-0.15, -0.1) is 0 Å². The van der Waals surface area contributed by atoms with Crippen LogP contribution >= 0.6 is 0 Å². The molecule has 0 saturated carbocycles. The van der Waals surface area contributed by atoms with E-state index in [1.807, 2.05) is 6.92 Å². The number of hydrogen-bond acceptors (Lipinski definition) is 4. The van der Waals surface area contributed by atoms with Gasteiger partial charge in [-0.3, -0.25) is 4.68 Å². The van der Waals surface area contributed by atoms with Crippen molar-refractivity contribution in [3.8, 4) is 5.69 Å². The molecule has 2 N–H and O–H groups in total. The van der Waals surface area contributed by atoms with Crippen LogP contribution in [-0.2, 0) is 6.54 Å². The zero-order valence-electron chi connectivity index (χ0n) is 12.9. The normalized spacial score (nSPS) is 11.9. The maximum absolute atomic E-state index is 13.5. The number of carbonyl (C=O) groups excluding carboxylic acids is 1. The molecule has 8 nitrogen and oxygen atoms in total. The van der Waals surface area contributed by atoms with Crippen LogP contribution < -0.4 is 10.6 Å². The average Bonchev–Trinajstić information content (AvgIpc) is 3.20. The largest absolute Gasteiger partial charge is 0.334 e. The number of anilines is 1. The first-order valence-corrected chi connectivity index (χ1v) is 7.31. The van der Waals surface area contributed by atoms with Crippen molar-refractivity contribution in [1.82, 2.24) is 29.9 Å². The van der Waals surface area contributed by atoms with Gasteiger partial charge in [-0.05, 0) is 31.2 Å². The summed E-state index contributed by atoms with van der Waals surface area (Å²) in [5.41, 5.74) is 0.893. The molecule has 0 saturated heterocycles. The first-order valence-electron chi connectivity index (χ1n) is 7.31. The van der Waals surface area contributed by atoms with Crippen molar-refractivity contribution in [2.45, 2.75) is 19.5 Å². The second-order valence-corrected chi connectivity index (χ2v) is 5.23. The van der Waals surface area contributed by atoms with Crippen LogP contribution in [0.15, 0.2) is 49.3 Å². The summed E-state index contributed by atoms with van der Waals surface area (Å²) in [7, 11) is 0. The summed E-state index contributed by atoms with van der Waals surface area (Å²) in [6.07, 6.45) is 6.31. The van der Waals surface area contributed by atoms with E-state index in [-0.39, 0.29) is 6.04 Å². The number of aromatic nitrogens is 5. The molecule has 2 amide bonds. The summed E-state index contributed by atoms with van der Waals surface area (Å²) in [5.74, 6) is -0.447. The molecule has 0 aliphatic heterocycles. The molecule has 3 aromatic rings. The number of halogens is 1. The Morgan fingerprint density at radius 2 is 2.25 bits per heavy atom. The molecule has 124 valence electrons. The van der Waals surface area contributed by atoms with Crippen LogP contribution in [-0.4, -0.2) is 36.6 Å². The van der Waals surface area contributed by atoms with Gasteiger partial charge in [0.05, 0.1) is 17.9 Å². The Morgan fingerprint density at radius 3 is 2.96 bits per heavy atom. The molecule has 0 fully saturated rings. The van der Waals surface area contributed by atoms with E-state index in [9.17, 15) is 9.18 Å². The van der Waals surface area contributed by atoms with E-state index in [2.05, 4.69) is 25.8 Å². The third-order valence-electron chi connectivity index (χ3n) is 3.26. The van der Waals surface area contributed by atoms with E-state index in [4.69, 9.17) is 0 Å². The fraction of sp³-hybridized carbons (Fsp3) is 0.200. The first kappa shape index (κ1) is 15.7. The van der Waals surface area contributed by atoms with Gasteiger partial charge in [0.15, 0.2) is 0 Å². The van der Waals surface area contributed by atoms with Crippen molar-refractivity contribution in [3.63, 3.8) is 0 Å². The summed E-state index contributed by atoms with van der Waals surface area (Å²) in [4.78, 5) is 16.0. The SMILES string of the molecule is C[C@H](Cn1cncn1)NC(=O)Nc1cc(F)ccc1-n1cccn1. The summed E-state index contributed by atoms with van der Waals surface area (Å²) in [6, 6.07) is 5.23. The molecule has 0 bridgehead atoms. The monoisotopic (exact) mass is 329 g/mol. The summed E-state index contributed by atoms with van der Waals surface area (Å²) < 4.78 is 16.7. The third-order valence-corrected chi connectivity index (χ3v) is 3.26. The van der Waals surface area contributed by atoms with Gasteiger partial charge in [-0.2, -0.15) is 10.2 Å². The smallest absolute Gasteiger partial charge is 0.319 e. The lowest BCUT2D eigenvalue weighted by atomic mass is 10.2. The quantitative estimate of drug-likeness (QED) is 0.747. The molecule has 2 aromatic heterocycles. The van der Waals surface area contributed by atoms with E-state index in [1.165, 1.54) is 18.5 Å². The topological polar surface area (TPSA) is 89.7 Å². The summed E-state index contributed by atoms with van der Waals surface area (Å²) in [6.45, 7) is 2.31. The molecule has 0 aliphatic carbocycles. The lowest BCUT2D eigenvalue weighted by Crippen LogP contribution is -2.38. The lowest BCUT2D eigenvalue weighted by molar-refractivity contribution is 0.247. The minimum Gasteiger partial charge on any atom is -0.334 e. The second-order valence-electron chi connectivity index (χ2n) is 5.23. The van der Waals surface area contributed by atoms with Crippen molar-refractivity contribution in [3.05, 3.63) is 55.1 Å². The predicted molar refractivity (Wildman–Crippen MR) is 85.2 cm³/mol. The highest BCUT2D eigenvalue weighted by molar-refractivity contribution is 5.91. The molecular formula is C15H16FN7O.